The number of carboxylic acid groups (broad SMARTS) is 1. The van der Waals surface area contributed by atoms with E-state index in [4.69, 9.17) is 5.11 Å². The molecule has 13 heavy (non-hydrogen) atoms. The number of carbonyl (C=O) groups is 1. The molecule has 3 heteroatoms. The Kier molecular flexibility index (Phi) is 3.72. The molecule has 2 atom stereocenters. The van der Waals surface area contributed by atoms with Crippen LogP contribution in [0.4, 0.5) is 0 Å². The maximum absolute atomic E-state index is 10.9. The predicted octanol–water partition coefficient (Wildman–Crippen LogP) is 1.34. The standard InChI is InChI=1S/C10H19NO2/c1-7(2)5-8-6-11-4-3-9(8)10(12)13/h7-9,11H,3-6H2,1-2H3,(H,12,13). The van der Waals surface area contributed by atoms with E-state index in [0.717, 1.165) is 25.9 Å². The van der Waals surface area contributed by atoms with E-state index in [1.165, 1.54) is 0 Å². The fraction of sp³-hybridized carbons (Fsp3) is 0.900. The first-order valence-corrected chi connectivity index (χ1v) is 5.04. The minimum absolute atomic E-state index is 0.122. The Morgan fingerprint density at radius 2 is 2.31 bits per heavy atom. The summed E-state index contributed by atoms with van der Waals surface area (Å²) in [6.45, 7) is 6.02. The van der Waals surface area contributed by atoms with Crippen molar-refractivity contribution in [1.29, 1.82) is 0 Å². The third-order valence-corrected chi connectivity index (χ3v) is 2.70. The van der Waals surface area contributed by atoms with Crippen LogP contribution in [-0.4, -0.2) is 24.2 Å². The van der Waals surface area contributed by atoms with Gasteiger partial charge in [0.15, 0.2) is 0 Å². The second-order valence-electron chi connectivity index (χ2n) is 4.33. The molecule has 0 spiro atoms. The normalized spacial score (nSPS) is 29.2. The maximum atomic E-state index is 10.9. The van der Waals surface area contributed by atoms with E-state index < -0.39 is 5.97 Å². The van der Waals surface area contributed by atoms with Crippen molar-refractivity contribution in [3.05, 3.63) is 0 Å². The van der Waals surface area contributed by atoms with Crippen LogP contribution in [0.15, 0.2) is 0 Å². The molecule has 0 bridgehead atoms. The van der Waals surface area contributed by atoms with Crippen LogP contribution < -0.4 is 5.32 Å². The van der Waals surface area contributed by atoms with Gasteiger partial charge in [0.2, 0.25) is 0 Å². The lowest BCUT2D eigenvalue weighted by molar-refractivity contribution is -0.144. The van der Waals surface area contributed by atoms with E-state index >= 15 is 0 Å². The van der Waals surface area contributed by atoms with Crippen molar-refractivity contribution >= 4 is 5.97 Å². The van der Waals surface area contributed by atoms with Gasteiger partial charge in [-0.2, -0.15) is 0 Å². The highest BCUT2D eigenvalue weighted by molar-refractivity contribution is 5.70. The topological polar surface area (TPSA) is 49.3 Å². The van der Waals surface area contributed by atoms with Gasteiger partial charge in [-0.1, -0.05) is 13.8 Å². The second-order valence-corrected chi connectivity index (χ2v) is 4.33. The van der Waals surface area contributed by atoms with E-state index in [2.05, 4.69) is 19.2 Å². The fourth-order valence-electron chi connectivity index (χ4n) is 2.10. The molecule has 76 valence electrons. The summed E-state index contributed by atoms with van der Waals surface area (Å²) in [5.74, 6) is 0.175. The van der Waals surface area contributed by atoms with Crippen LogP contribution in [0.25, 0.3) is 0 Å². The zero-order chi connectivity index (χ0) is 9.84. The highest BCUT2D eigenvalue weighted by atomic mass is 16.4. The number of aliphatic carboxylic acids is 1. The number of hydrogen-bond acceptors (Lipinski definition) is 2. The minimum Gasteiger partial charge on any atom is -0.481 e. The highest BCUT2D eigenvalue weighted by Gasteiger charge is 2.30. The number of carboxylic acids is 1. The van der Waals surface area contributed by atoms with Crippen molar-refractivity contribution in [3.63, 3.8) is 0 Å². The van der Waals surface area contributed by atoms with Gasteiger partial charge in [-0.25, -0.2) is 0 Å². The summed E-state index contributed by atoms with van der Waals surface area (Å²) >= 11 is 0. The molecular weight excluding hydrogens is 166 g/mol. The van der Waals surface area contributed by atoms with E-state index in [1.54, 1.807) is 0 Å². The summed E-state index contributed by atoms with van der Waals surface area (Å²) in [6, 6.07) is 0. The number of rotatable bonds is 3. The SMILES string of the molecule is CC(C)CC1CNCCC1C(=O)O. The van der Waals surface area contributed by atoms with Gasteiger partial charge in [-0.3, -0.25) is 4.79 Å². The van der Waals surface area contributed by atoms with Gasteiger partial charge in [0.05, 0.1) is 5.92 Å². The molecule has 1 aliphatic heterocycles. The van der Waals surface area contributed by atoms with Crippen molar-refractivity contribution in [2.24, 2.45) is 17.8 Å². The Labute approximate surface area is 79.5 Å². The minimum atomic E-state index is -0.618. The van der Waals surface area contributed by atoms with Crippen LogP contribution >= 0.6 is 0 Å². The molecule has 0 aliphatic carbocycles. The molecular formula is C10H19NO2. The zero-order valence-electron chi connectivity index (χ0n) is 8.42. The number of hydrogen-bond donors (Lipinski definition) is 2. The fourth-order valence-corrected chi connectivity index (χ4v) is 2.10. The number of nitrogens with one attached hydrogen (secondary N) is 1. The van der Waals surface area contributed by atoms with Gasteiger partial charge in [0.25, 0.3) is 0 Å². The van der Waals surface area contributed by atoms with Crippen molar-refractivity contribution in [1.82, 2.24) is 5.32 Å². The van der Waals surface area contributed by atoms with Crippen LogP contribution in [0.2, 0.25) is 0 Å². The molecule has 0 aromatic carbocycles. The summed E-state index contributed by atoms with van der Waals surface area (Å²) in [5.41, 5.74) is 0. The predicted molar refractivity (Wildman–Crippen MR) is 51.6 cm³/mol. The van der Waals surface area contributed by atoms with E-state index in [-0.39, 0.29) is 5.92 Å². The highest BCUT2D eigenvalue weighted by Crippen LogP contribution is 2.25. The zero-order valence-corrected chi connectivity index (χ0v) is 8.42. The molecule has 2 unspecified atom stereocenters. The van der Waals surface area contributed by atoms with Crippen LogP contribution in [0.3, 0.4) is 0 Å². The third kappa shape index (κ3) is 2.99. The van der Waals surface area contributed by atoms with Gasteiger partial charge in [-0.15, -0.1) is 0 Å². The monoisotopic (exact) mass is 185 g/mol. The Hall–Kier alpha value is -0.570. The maximum Gasteiger partial charge on any atom is 0.306 e. The van der Waals surface area contributed by atoms with Crippen molar-refractivity contribution in [2.75, 3.05) is 13.1 Å². The number of piperidine rings is 1. The third-order valence-electron chi connectivity index (χ3n) is 2.70. The lowest BCUT2D eigenvalue weighted by Crippen LogP contribution is -2.40. The van der Waals surface area contributed by atoms with Crippen molar-refractivity contribution in [2.45, 2.75) is 26.7 Å². The summed E-state index contributed by atoms with van der Waals surface area (Å²) < 4.78 is 0. The second kappa shape index (κ2) is 4.61. The average Bonchev–Trinajstić information content (AvgIpc) is 2.03. The lowest BCUT2D eigenvalue weighted by Gasteiger charge is -2.30. The van der Waals surface area contributed by atoms with Gasteiger partial charge in [0.1, 0.15) is 0 Å². The first kappa shape index (κ1) is 10.5. The molecule has 3 nitrogen and oxygen atoms in total. The van der Waals surface area contributed by atoms with Gasteiger partial charge >= 0.3 is 5.97 Å². The smallest absolute Gasteiger partial charge is 0.306 e. The summed E-state index contributed by atoms with van der Waals surface area (Å²) in [5, 5.41) is 12.3. The quantitative estimate of drug-likeness (QED) is 0.697. The molecule has 1 rings (SSSR count). The molecule has 2 N–H and O–H groups in total. The van der Waals surface area contributed by atoms with Crippen LogP contribution in [-0.2, 0) is 4.79 Å². The van der Waals surface area contributed by atoms with Gasteiger partial charge in [-0.05, 0) is 37.8 Å². The summed E-state index contributed by atoms with van der Waals surface area (Å²) in [7, 11) is 0. The van der Waals surface area contributed by atoms with Crippen molar-refractivity contribution < 1.29 is 9.90 Å². The Bertz CT molecular complexity index is 180. The molecule has 1 aliphatic rings. The van der Waals surface area contributed by atoms with E-state index in [9.17, 15) is 4.79 Å². The summed E-state index contributed by atoms with van der Waals surface area (Å²) in [4.78, 5) is 10.9. The Morgan fingerprint density at radius 3 is 2.85 bits per heavy atom. The summed E-state index contributed by atoms with van der Waals surface area (Å²) in [6.07, 6.45) is 1.80. The molecule has 0 radical (unpaired) electrons. The molecule has 1 fully saturated rings. The van der Waals surface area contributed by atoms with Crippen LogP contribution in [0.5, 0.6) is 0 Å². The van der Waals surface area contributed by atoms with Gasteiger partial charge < -0.3 is 10.4 Å². The molecule has 1 saturated heterocycles. The van der Waals surface area contributed by atoms with E-state index in [1.807, 2.05) is 0 Å². The average molecular weight is 185 g/mol. The van der Waals surface area contributed by atoms with Gasteiger partial charge in [0, 0.05) is 0 Å². The molecule has 0 aromatic heterocycles. The molecule has 0 amide bonds. The lowest BCUT2D eigenvalue weighted by atomic mass is 9.81. The van der Waals surface area contributed by atoms with Crippen LogP contribution in [0, 0.1) is 17.8 Å². The molecule has 1 heterocycles. The first-order chi connectivity index (χ1) is 6.11. The largest absolute Gasteiger partial charge is 0.481 e. The Morgan fingerprint density at radius 1 is 1.62 bits per heavy atom. The first-order valence-electron chi connectivity index (χ1n) is 5.04. The van der Waals surface area contributed by atoms with Crippen molar-refractivity contribution in [3.8, 4) is 0 Å². The molecule has 0 saturated carbocycles. The van der Waals surface area contributed by atoms with E-state index in [0.29, 0.717) is 11.8 Å². The Balaban J connectivity index is 2.51. The van der Waals surface area contributed by atoms with Crippen LogP contribution in [0.1, 0.15) is 26.7 Å². The molecule has 0 aromatic rings.